The highest BCUT2D eigenvalue weighted by Gasteiger charge is 2.36. The van der Waals surface area contributed by atoms with Crippen LogP contribution in [-0.2, 0) is 16.1 Å². The number of thiazole rings is 1. The van der Waals surface area contributed by atoms with Crippen molar-refractivity contribution in [1.29, 1.82) is 0 Å². The molecule has 1 saturated heterocycles. The van der Waals surface area contributed by atoms with Gasteiger partial charge in [0.05, 0.1) is 22.2 Å². The van der Waals surface area contributed by atoms with E-state index in [0.717, 1.165) is 21.7 Å². The summed E-state index contributed by atoms with van der Waals surface area (Å²) < 4.78 is 0. The molecule has 1 aromatic carbocycles. The molecule has 1 aliphatic rings. The number of aliphatic hydroxyl groups is 1. The van der Waals surface area contributed by atoms with Crippen LogP contribution in [0, 0.1) is 12.3 Å². The monoisotopic (exact) mass is 429 g/mol. The summed E-state index contributed by atoms with van der Waals surface area (Å²) in [7, 11) is 0. The fourth-order valence-electron chi connectivity index (χ4n) is 3.79. The molecule has 0 unspecified atom stereocenters. The molecule has 1 fully saturated rings. The van der Waals surface area contributed by atoms with Crippen LogP contribution in [0.2, 0.25) is 0 Å². The predicted octanol–water partition coefficient (Wildman–Crippen LogP) is 3.52. The Kier molecular flexibility index (Phi) is 6.93. The van der Waals surface area contributed by atoms with E-state index in [4.69, 9.17) is 0 Å². The number of amides is 2. The summed E-state index contributed by atoms with van der Waals surface area (Å²) in [6.45, 7) is 8.79. The predicted molar refractivity (Wildman–Crippen MR) is 119 cm³/mol. The molecule has 0 bridgehead atoms. The van der Waals surface area contributed by atoms with Crippen LogP contribution >= 0.6 is 11.3 Å². The zero-order valence-electron chi connectivity index (χ0n) is 18.1. The number of hydrogen-bond donors (Lipinski definition) is 2. The number of β-amino-alcohol motifs (C(OH)–C–C–N with tert-alkyl or cyclic N) is 1. The summed E-state index contributed by atoms with van der Waals surface area (Å²) in [5.74, 6) is -0.101. The molecule has 0 saturated carbocycles. The summed E-state index contributed by atoms with van der Waals surface area (Å²) >= 11 is 1.62. The van der Waals surface area contributed by atoms with Crippen molar-refractivity contribution in [2.75, 3.05) is 6.54 Å². The van der Waals surface area contributed by atoms with E-state index in [0.29, 0.717) is 25.9 Å². The first kappa shape index (κ1) is 22.4. The van der Waals surface area contributed by atoms with Gasteiger partial charge in [-0.05, 0) is 29.9 Å². The van der Waals surface area contributed by atoms with E-state index in [1.54, 1.807) is 16.2 Å². The number of aromatic nitrogens is 1. The zero-order chi connectivity index (χ0) is 21.9. The molecule has 6 nitrogen and oxygen atoms in total. The number of likely N-dealkylation sites (tertiary alicyclic amines) is 1. The second kappa shape index (κ2) is 9.27. The van der Waals surface area contributed by atoms with Crippen molar-refractivity contribution < 1.29 is 14.7 Å². The van der Waals surface area contributed by atoms with Crippen molar-refractivity contribution in [3.63, 3.8) is 0 Å². The van der Waals surface area contributed by atoms with Gasteiger partial charge in [-0.15, -0.1) is 11.3 Å². The Balaban J connectivity index is 1.53. The molecule has 1 aromatic heterocycles. The first-order valence-electron chi connectivity index (χ1n) is 10.4. The van der Waals surface area contributed by atoms with Crippen molar-refractivity contribution in [3.05, 3.63) is 41.0 Å². The van der Waals surface area contributed by atoms with Crippen LogP contribution in [0.3, 0.4) is 0 Å². The number of rotatable bonds is 6. The lowest BCUT2D eigenvalue weighted by molar-refractivity contribution is -0.135. The third kappa shape index (κ3) is 5.89. The highest BCUT2D eigenvalue weighted by Crippen LogP contribution is 2.28. The van der Waals surface area contributed by atoms with Gasteiger partial charge in [0.1, 0.15) is 0 Å². The lowest BCUT2D eigenvalue weighted by Gasteiger charge is -2.27. The molecule has 3 rings (SSSR count). The summed E-state index contributed by atoms with van der Waals surface area (Å²) in [5, 5.41) is 13.0. The summed E-state index contributed by atoms with van der Waals surface area (Å²) in [4.78, 5) is 32.2. The van der Waals surface area contributed by atoms with Crippen LogP contribution < -0.4 is 5.32 Å². The van der Waals surface area contributed by atoms with E-state index in [9.17, 15) is 14.7 Å². The number of nitrogens with one attached hydrogen (secondary N) is 1. The number of benzene rings is 1. The first-order chi connectivity index (χ1) is 14.1. The number of aryl methyl sites for hydroxylation is 1. The summed E-state index contributed by atoms with van der Waals surface area (Å²) in [6, 6.07) is 7.86. The van der Waals surface area contributed by atoms with Crippen LogP contribution in [0.15, 0.2) is 29.8 Å². The van der Waals surface area contributed by atoms with Gasteiger partial charge in [0.15, 0.2) is 0 Å². The molecule has 162 valence electrons. The van der Waals surface area contributed by atoms with Gasteiger partial charge in [-0.2, -0.15) is 0 Å². The maximum absolute atomic E-state index is 12.6. The van der Waals surface area contributed by atoms with Gasteiger partial charge in [-0.3, -0.25) is 9.59 Å². The van der Waals surface area contributed by atoms with Gasteiger partial charge in [0, 0.05) is 32.0 Å². The van der Waals surface area contributed by atoms with Crippen molar-refractivity contribution >= 4 is 23.2 Å². The van der Waals surface area contributed by atoms with Crippen molar-refractivity contribution in [3.8, 4) is 10.4 Å². The van der Waals surface area contributed by atoms with Gasteiger partial charge < -0.3 is 15.3 Å². The van der Waals surface area contributed by atoms with Crippen LogP contribution in [0.25, 0.3) is 10.4 Å². The minimum atomic E-state index is -0.561. The van der Waals surface area contributed by atoms with Crippen LogP contribution in [0.4, 0.5) is 0 Å². The Labute approximate surface area is 182 Å². The molecule has 2 heterocycles. The Hall–Kier alpha value is -2.25. The topological polar surface area (TPSA) is 82.5 Å². The zero-order valence-corrected chi connectivity index (χ0v) is 19.0. The van der Waals surface area contributed by atoms with E-state index in [1.165, 1.54) is 0 Å². The Bertz CT molecular complexity index is 886. The molecular formula is C23H31N3O3S. The van der Waals surface area contributed by atoms with Crippen molar-refractivity contribution in [2.24, 2.45) is 5.41 Å². The molecule has 7 heteroatoms. The van der Waals surface area contributed by atoms with Crippen LogP contribution in [0.1, 0.15) is 51.3 Å². The van der Waals surface area contributed by atoms with E-state index in [1.807, 2.05) is 57.5 Å². The number of hydrogen-bond acceptors (Lipinski definition) is 5. The van der Waals surface area contributed by atoms with Crippen LogP contribution in [-0.4, -0.2) is 45.5 Å². The quantitative estimate of drug-likeness (QED) is 0.736. The largest absolute Gasteiger partial charge is 0.391 e. The van der Waals surface area contributed by atoms with Gasteiger partial charge in [-0.1, -0.05) is 45.0 Å². The highest BCUT2D eigenvalue weighted by molar-refractivity contribution is 7.13. The number of aliphatic hydroxyl groups excluding tert-OH is 1. The molecule has 2 amide bonds. The van der Waals surface area contributed by atoms with E-state index < -0.39 is 6.10 Å². The standard InChI is InChI=1S/C23H31N3O3S/c1-15-22(30-14-25-15)17-7-5-16(6-8-17)12-24-20(28)10-18-9-19(27)13-26(18)21(29)11-23(2,3)4/h5-8,14,18-19,27H,9-13H2,1-4H3,(H,24,28)/t18-,19+/m0/s1. The molecule has 0 radical (unpaired) electrons. The lowest BCUT2D eigenvalue weighted by Crippen LogP contribution is -2.40. The van der Waals surface area contributed by atoms with Crippen LogP contribution in [0.5, 0.6) is 0 Å². The Morgan fingerprint density at radius 2 is 1.97 bits per heavy atom. The second-order valence-electron chi connectivity index (χ2n) is 9.27. The fourth-order valence-corrected chi connectivity index (χ4v) is 4.60. The Morgan fingerprint density at radius 3 is 2.57 bits per heavy atom. The van der Waals surface area contributed by atoms with Gasteiger partial charge in [0.25, 0.3) is 0 Å². The number of nitrogens with zero attached hydrogens (tertiary/aromatic N) is 2. The smallest absolute Gasteiger partial charge is 0.223 e. The minimum Gasteiger partial charge on any atom is -0.391 e. The minimum absolute atomic E-state index is 0.00537. The molecule has 30 heavy (non-hydrogen) atoms. The number of carbonyl (C=O) groups is 2. The summed E-state index contributed by atoms with van der Waals surface area (Å²) in [6.07, 6.45) is 0.509. The van der Waals surface area contributed by atoms with E-state index >= 15 is 0 Å². The highest BCUT2D eigenvalue weighted by atomic mass is 32.1. The van der Waals surface area contributed by atoms with Crippen molar-refractivity contribution in [1.82, 2.24) is 15.2 Å². The lowest BCUT2D eigenvalue weighted by atomic mass is 9.91. The Morgan fingerprint density at radius 1 is 1.27 bits per heavy atom. The van der Waals surface area contributed by atoms with E-state index in [-0.39, 0.29) is 29.7 Å². The average molecular weight is 430 g/mol. The second-order valence-corrected chi connectivity index (χ2v) is 10.1. The normalized spacial score (nSPS) is 19.2. The average Bonchev–Trinajstić information content (AvgIpc) is 3.24. The van der Waals surface area contributed by atoms with Gasteiger partial charge >= 0.3 is 0 Å². The third-order valence-electron chi connectivity index (χ3n) is 5.27. The molecule has 2 atom stereocenters. The maximum Gasteiger partial charge on any atom is 0.223 e. The maximum atomic E-state index is 12.6. The molecular weight excluding hydrogens is 398 g/mol. The molecule has 1 aliphatic heterocycles. The SMILES string of the molecule is Cc1ncsc1-c1ccc(CNC(=O)C[C@@H]2C[C@@H](O)CN2C(=O)CC(C)(C)C)cc1. The number of carbonyl (C=O) groups excluding carboxylic acids is 2. The molecule has 2 N–H and O–H groups in total. The van der Waals surface area contributed by atoms with Gasteiger partial charge in [0.2, 0.25) is 11.8 Å². The molecule has 0 aliphatic carbocycles. The van der Waals surface area contributed by atoms with E-state index in [2.05, 4.69) is 10.3 Å². The first-order valence-corrected chi connectivity index (χ1v) is 11.2. The summed E-state index contributed by atoms with van der Waals surface area (Å²) in [5.41, 5.74) is 4.88. The van der Waals surface area contributed by atoms with Gasteiger partial charge in [-0.25, -0.2) is 4.98 Å². The third-order valence-corrected chi connectivity index (χ3v) is 6.24. The fraction of sp³-hybridized carbons (Fsp3) is 0.522. The molecule has 0 spiro atoms. The van der Waals surface area contributed by atoms with Crippen molar-refractivity contribution in [2.45, 2.75) is 65.6 Å². The molecule has 2 aromatic rings.